The van der Waals surface area contributed by atoms with E-state index in [0.29, 0.717) is 12.5 Å². The van der Waals surface area contributed by atoms with Gasteiger partial charge < -0.3 is 4.74 Å². The Bertz CT molecular complexity index is 349. The predicted molar refractivity (Wildman–Crippen MR) is 80.7 cm³/mol. The number of nitrogens with zero attached hydrogens (tertiary/aromatic N) is 2. The molecule has 1 aromatic heterocycles. The smallest absolute Gasteiger partial charge is 0.419 e. The summed E-state index contributed by atoms with van der Waals surface area (Å²) >= 11 is 0. The highest BCUT2D eigenvalue weighted by molar-refractivity contribution is 5.69. The molecule has 20 heavy (non-hydrogen) atoms. The maximum absolute atomic E-state index is 11.8. The summed E-state index contributed by atoms with van der Waals surface area (Å²) in [5, 5.41) is 0. The number of hydrogen-bond donors (Lipinski definition) is 0. The Kier molecular flexibility index (Phi) is 8.76. The van der Waals surface area contributed by atoms with E-state index in [4.69, 9.17) is 4.74 Å². The van der Waals surface area contributed by atoms with E-state index >= 15 is 0 Å². The molecule has 4 nitrogen and oxygen atoms in total. The van der Waals surface area contributed by atoms with Crippen molar-refractivity contribution in [3.8, 4) is 0 Å². The maximum atomic E-state index is 11.8. The Morgan fingerprint density at radius 3 is 2.55 bits per heavy atom. The average Bonchev–Trinajstić information content (AvgIpc) is 2.99. The van der Waals surface area contributed by atoms with E-state index in [-0.39, 0.29) is 6.09 Å². The molecule has 0 saturated carbocycles. The van der Waals surface area contributed by atoms with E-state index in [1.807, 2.05) is 0 Å². The Morgan fingerprint density at radius 2 is 1.90 bits per heavy atom. The van der Waals surface area contributed by atoms with Gasteiger partial charge in [-0.15, -0.1) is 0 Å². The molecule has 0 radical (unpaired) electrons. The predicted octanol–water partition coefficient (Wildman–Crippen LogP) is 4.64. The lowest BCUT2D eigenvalue weighted by Gasteiger charge is -2.16. The highest BCUT2D eigenvalue weighted by atomic mass is 16.5. The lowest BCUT2D eigenvalue weighted by Crippen LogP contribution is -2.18. The molecule has 0 saturated heterocycles. The number of rotatable bonds is 10. The highest BCUT2D eigenvalue weighted by Gasteiger charge is 2.12. The molecule has 4 heteroatoms. The fourth-order valence-corrected chi connectivity index (χ4v) is 2.29. The number of unbranched alkanes of at least 4 members (excludes halogenated alkanes) is 4. The van der Waals surface area contributed by atoms with Crippen LogP contribution in [0.3, 0.4) is 0 Å². The number of hydrogen-bond acceptors (Lipinski definition) is 3. The third-order valence-electron chi connectivity index (χ3n) is 3.59. The van der Waals surface area contributed by atoms with Crippen molar-refractivity contribution in [2.75, 3.05) is 6.61 Å². The quantitative estimate of drug-likeness (QED) is 0.586. The molecule has 1 aromatic rings. The van der Waals surface area contributed by atoms with Gasteiger partial charge in [-0.3, -0.25) is 0 Å². The van der Waals surface area contributed by atoms with Gasteiger partial charge in [0.1, 0.15) is 6.33 Å². The number of ether oxygens (including phenoxy) is 1. The van der Waals surface area contributed by atoms with Crippen LogP contribution in [0.2, 0.25) is 0 Å². The van der Waals surface area contributed by atoms with Crippen molar-refractivity contribution in [1.82, 2.24) is 9.55 Å². The lowest BCUT2D eigenvalue weighted by molar-refractivity contribution is 0.122. The second kappa shape index (κ2) is 10.5. The summed E-state index contributed by atoms with van der Waals surface area (Å²) in [5.74, 6) is 0.499. The Labute approximate surface area is 122 Å². The van der Waals surface area contributed by atoms with Gasteiger partial charge in [-0.05, 0) is 18.8 Å². The van der Waals surface area contributed by atoms with E-state index in [1.54, 1.807) is 12.4 Å². The largest absolute Gasteiger partial charge is 0.449 e. The van der Waals surface area contributed by atoms with Gasteiger partial charge in [-0.1, -0.05) is 52.4 Å². The molecule has 0 fully saturated rings. The molecule has 0 bridgehead atoms. The van der Waals surface area contributed by atoms with Gasteiger partial charge in [0.25, 0.3) is 0 Å². The van der Waals surface area contributed by atoms with Crippen molar-refractivity contribution < 1.29 is 9.53 Å². The monoisotopic (exact) mass is 280 g/mol. The zero-order valence-corrected chi connectivity index (χ0v) is 12.9. The Balaban J connectivity index is 2.29. The van der Waals surface area contributed by atoms with Gasteiger partial charge in [0.2, 0.25) is 0 Å². The van der Waals surface area contributed by atoms with Crippen LogP contribution in [-0.4, -0.2) is 22.3 Å². The van der Waals surface area contributed by atoms with Crippen LogP contribution in [0.1, 0.15) is 65.2 Å². The molecule has 1 atom stereocenters. The first-order valence-electron chi connectivity index (χ1n) is 7.93. The second-order valence-electron chi connectivity index (χ2n) is 5.40. The summed E-state index contributed by atoms with van der Waals surface area (Å²) < 4.78 is 6.77. The van der Waals surface area contributed by atoms with Gasteiger partial charge in [-0.2, -0.15) is 0 Å². The van der Waals surface area contributed by atoms with E-state index in [9.17, 15) is 4.79 Å². The number of carbonyl (C=O) groups excluding carboxylic acids is 1. The molecule has 0 amide bonds. The number of carbonyl (C=O) groups is 1. The van der Waals surface area contributed by atoms with Gasteiger partial charge in [-0.25, -0.2) is 14.3 Å². The van der Waals surface area contributed by atoms with Crippen LogP contribution in [0.4, 0.5) is 4.79 Å². The summed E-state index contributed by atoms with van der Waals surface area (Å²) in [5.41, 5.74) is 0. The SMILES string of the molecule is CCCCCCC(CCCC)COC(=O)n1ccnc1. The number of aromatic nitrogens is 2. The molecule has 0 spiro atoms. The fraction of sp³-hybridized carbons (Fsp3) is 0.750. The van der Waals surface area contributed by atoms with Crippen molar-refractivity contribution in [3.63, 3.8) is 0 Å². The molecule has 1 heterocycles. The third-order valence-corrected chi connectivity index (χ3v) is 3.59. The third kappa shape index (κ3) is 6.73. The van der Waals surface area contributed by atoms with Crippen LogP contribution < -0.4 is 0 Å². The van der Waals surface area contributed by atoms with Crippen LogP contribution in [0, 0.1) is 5.92 Å². The van der Waals surface area contributed by atoms with Crippen LogP contribution in [-0.2, 0) is 4.74 Å². The summed E-state index contributed by atoms with van der Waals surface area (Å²) in [6.07, 6.45) is 14.2. The number of imidazole rings is 1. The van der Waals surface area contributed by atoms with E-state index < -0.39 is 0 Å². The Morgan fingerprint density at radius 1 is 1.15 bits per heavy atom. The first-order chi connectivity index (χ1) is 9.77. The Hall–Kier alpha value is -1.32. The first-order valence-corrected chi connectivity index (χ1v) is 7.93. The van der Waals surface area contributed by atoms with Crippen molar-refractivity contribution in [3.05, 3.63) is 18.7 Å². The molecular weight excluding hydrogens is 252 g/mol. The van der Waals surface area contributed by atoms with Crippen LogP contribution in [0.25, 0.3) is 0 Å². The van der Waals surface area contributed by atoms with Crippen molar-refractivity contribution in [1.29, 1.82) is 0 Å². The standard InChI is InChI=1S/C16H28N2O2/c1-3-5-7-8-10-15(9-6-4-2)13-20-16(19)18-12-11-17-14-18/h11-12,14-15H,3-10,13H2,1-2H3. The zero-order valence-electron chi connectivity index (χ0n) is 12.9. The van der Waals surface area contributed by atoms with Gasteiger partial charge in [0, 0.05) is 12.4 Å². The van der Waals surface area contributed by atoms with Gasteiger partial charge in [0.15, 0.2) is 0 Å². The first kappa shape index (κ1) is 16.7. The topological polar surface area (TPSA) is 44.1 Å². The van der Waals surface area contributed by atoms with E-state index in [2.05, 4.69) is 18.8 Å². The average molecular weight is 280 g/mol. The summed E-state index contributed by atoms with van der Waals surface area (Å²) in [7, 11) is 0. The molecule has 0 N–H and O–H groups in total. The van der Waals surface area contributed by atoms with Gasteiger partial charge >= 0.3 is 6.09 Å². The van der Waals surface area contributed by atoms with Gasteiger partial charge in [0.05, 0.1) is 6.61 Å². The zero-order chi connectivity index (χ0) is 14.6. The maximum Gasteiger partial charge on any atom is 0.419 e. The van der Waals surface area contributed by atoms with E-state index in [1.165, 1.54) is 49.4 Å². The molecular formula is C16H28N2O2. The van der Waals surface area contributed by atoms with Crippen molar-refractivity contribution >= 4 is 6.09 Å². The fourth-order valence-electron chi connectivity index (χ4n) is 2.29. The van der Waals surface area contributed by atoms with Crippen LogP contribution >= 0.6 is 0 Å². The van der Waals surface area contributed by atoms with E-state index in [0.717, 1.165) is 12.8 Å². The second-order valence-corrected chi connectivity index (χ2v) is 5.40. The lowest BCUT2D eigenvalue weighted by atomic mass is 9.96. The minimum atomic E-state index is -0.322. The van der Waals surface area contributed by atoms with Crippen molar-refractivity contribution in [2.45, 2.75) is 65.2 Å². The molecule has 0 aliphatic rings. The molecule has 0 aliphatic carbocycles. The minimum Gasteiger partial charge on any atom is -0.449 e. The minimum absolute atomic E-state index is 0.322. The summed E-state index contributed by atoms with van der Waals surface area (Å²) in [4.78, 5) is 15.6. The molecule has 1 unspecified atom stereocenters. The highest BCUT2D eigenvalue weighted by Crippen LogP contribution is 2.18. The van der Waals surface area contributed by atoms with Crippen molar-refractivity contribution in [2.24, 2.45) is 5.92 Å². The van der Waals surface area contributed by atoms with Crippen LogP contribution in [0.15, 0.2) is 18.7 Å². The molecule has 0 aliphatic heterocycles. The molecule has 1 rings (SSSR count). The molecule has 114 valence electrons. The normalized spacial score (nSPS) is 12.3. The molecule has 0 aromatic carbocycles. The van der Waals surface area contributed by atoms with Crippen LogP contribution in [0.5, 0.6) is 0 Å². The summed E-state index contributed by atoms with van der Waals surface area (Å²) in [6, 6.07) is 0. The summed E-state index contributed by atoms with van der Waals surface area (Å²) in [6.45, 7) is 4.95.